The van der Waals surface area contributed by atoms with E-state index in [-0.39, 0.29) is 12.4 Å². The summed E-state index contributed by atoms with van der Waals surface area (Å²) in [4.78, 5) is 21.1. The summed E-state index contributed by atoms with van der Waals surface area (Å²) in [6, 6.07) is 0. The maximum atomic E-state index is 11.3. The topological polar surface area (TPSA) is 122 Å². The molecule has 0 aromatic heterocycles. The van der Waals surface area contributed by atoms with E-state index in [2.05, 4.69) is 0 Å². The van der Waals surface area contributed by atoms with E-state index in [0.717, 1.165) is 0 Å². The molecule has 0 aliphatic rings. The Bertz CT molecular complexity index is 353. The van der Waals surface area contributed by atoms with E-state index >= 15 is 0 Å². The Morgan fingerprint density at radius 1 is 1.29 bits per heavy atom. The van der Waals surface area contributed by atoms with Gasteiger partial charge in [0.25, 0.3) is 0 Å². The van der Waals surface area contributed by atoms with Crippen molar-refractivity contribution in [2.75, 3.05) is 32.1 Å². The minimum absolute atomic E-state index is 0.0442. The van der Waals surface area contributed by atoms with Crippen molar-refractivity contribution < 1.29 is 27.9 Å². The number of ether oxygens (including phenoxy) is 1. The monoisotopic (exact) mass is 268 g/mol. The minimum atomic E-state index is -3.57. The molecule has 0 aromatic rings. The normalized spacial score (nSPS) is 11.1. The van der Waals surface area contributed by atoms with Gasteiger partial charge in [-0.1, -0.05) is 0 Å². The standard InChI is InChI=1S/C8H16N2O6S/c1-2-16-3-4-17(14,15)10-5-7(11)9-6-8(12)13/h10H,2-6H2,1H3,(H,9,11)(H,12,13). The number of rotatable bonds is 9. The zero-order valence-electron chi connectivity index (χ0n) is 9.43. The van der Waals surface area contributed by atoms with E-state index in [9.17, 15) is 18.0 Å². The molecule has 100 valence electrons. The van der Waals surface area contributed by atoms with Crippen LogP contribution in [0, 0.1) is 0 Å². The summed E-state index contributed by atoms with van der Waals surface area (Å²) < 4.78 is 29.4. The maximum Gasteiger partial charge on any atom is 0.322 e. The van der Waals surface area contributed by atoms with Crippen molar-refractivity contribution in [2.45, 2.75) is 6.92 Å². The highest BCUT2D eigenvalue weighted by Gasteiger charge is 2.12. The molecule has 0 radical (unpaired) electrons. The van der Waals surface area contributed by atoms with Gasteiger partial charge in [-0.2, -0.15) is 0 Å². The average Bonchev–Trinajstić information content (AvgIpc) is 2.24. The zero-order chi connectivity index (χ0) is 13.3. The van der Waals surface area contributed by atoms with Crippen molar-refractivity contribution in [3.63, 3.8) is 0 Å². The molecular formula is C8H16N2O6S. The van der Waals surface area contributed by atoms with Crippen molar-refractivity contribution in [3.05, 3.63) is 0 Å². The van der Waals surface area contributed by atoms with Gasteiger partial charge in [0.05, 0.1) is 18.9 Å². The molecule has 0 rings (SSSR count). The maximum absolute atomic E-state index is 11.3. The highest BCUT2D eigenvalue weighted by atomic mass is 32.2. The smallest absolute Gasteiger partial charge is 0.322 e. The van der Waals surface area contributed by atoms with Crippen LogP contribution in [0.4, 0.5) is 0 Å². The van der Waals surface area contributed by atoms with Crippen LogP contribution in [0.25, 0.3) is 0 Å². The van der Waals surface area contributed by atoms with Crippen LogP contribution in [0.5, 0.6) is 0 Å². The van der Waals surface area contributed by atoms with Crippen molar-refractivity contribution >= 4 is 21.9 Å². The fourth-order valence-electron chi connectivity index (χ4n) is 0.797. The predicted molar refractivity (Wildman–Crippen MR) is 58.9 cm³/mol. The van der Waals surface area contributed by atoms with Gasteiger partial charge in [0.2, 0.25) is 15.9 Å². The first-order valence-corrected chi connectivity index (χ1v) is 6.56. The van der Waals surface area contributed by atoms with Crippen molar-refractivity contribution in [1.82, 2.24) is 10.0 Å². The van der Waals surface area contributed by atoms with Crippen LogP contribution in [0.2, 0.25) is 0 Å². The third-order valence-corrected chi connectivity index (χ3v) is 2.88. The fourth-order valence-corrected chi connectivity index (χ4v) is 1.63. The van der Waals surface area contributed by atoms with Gasteiger partial charge in [-0.05, 0) is 6.92 Å². The number of carboxylic acid groups (broad SMARTS) is 1. The van der Waals surface area contributed by atoms with Crippen molar-refractivity contribution in [2.24, 2.45) is 0 Å². The molecule has 0 heterocycles. The first-order valence-electron chi connectivity index (χ1n) is 4.91. The Balaban J connectivity index is 3.84. The third-order valence-electron chi connectivity index (χ3n) is 1.59. The molecule has 1 amide bonds. The van der Waals surface area contributed by atoms with Crippen molar-refractivity contribution in [3.8, 4) is 0 Å². The zero-order valence-corrected chi connectivity index (χ0v) is 10.2. The summed E-state index contributed by atoms with van der Waals surface area (Å²) in [5.41, 5.74) is 0. The summed E-state index contributed by atoms with van der Waals surface area (Å²) in [6.07, 6.45) is 0. The van der Waals surface area contributed by atoms with Gasteiger partial charge < -0.3 is 15.2 Å². The molecule has 0 saturated heterocycles. The second-order valence-corrected chi connectivity index (χ2v) is 4.93. The van der Waals surface area contributed by atoms with E-state index in [4.69, 9.17) is 9.84 Å². The van der Waals surface area contributed by atoms with E-state index in [1.54, 1.807) is 6.92 Å². The highest BCUT2D eigenvalue weighted by molar-refractivity contribution is 7.89. The average molecular weight is 268 g/mol. The molecule has 3 N–H and O–H groups in total. The van der Waals surface area contributed by atoms with Gasteiger partial charge in [-0.3, -0.25) is 9.59 Å². The van der Waals surface area contributed by atoms with Gasteiger partial charge in [0, 0.05) is 6.61 Å². The molecule has 0 aromatic carbocycles. The first-order chi connectivity index (χ1) is 7.87. The number of aliphatic carboxylic acids is 1. The molecule has 8 nitrogen and oxygen atoms in total. The minimum Gasteiger partial charge on any atom is -0.480 e. The number of carboxylic acids is 1. The van der Waals surface area contributed by atoms with Gasteiger partial charge in [-0.25, -0.2) is 13.1 Å². The number of sulfonamides is 1. The SMILES string of the molecule is CCOCCS(=O)(=O)NCC(=O)NCC(=O)O. The van der Waals surface area contributed by atoms with Gasteiger partial charge in [0.1, 0.15) is 6.54 Å². The van der Waals surface area contributed by atoms with Crippen LogP contribution < -0.4 is 10.0 Å². The predicted octanol–water partition coefficient (Wildman–Crippen LogP) is -1.86. The summed E-state index contributed by atoms with van der Waals surface area (Å²) in [5, 5.41) is 10.3. The van der Waals surface area contributed by atoms with Gasteiger partial charge >= 0.3 is 5.97 Å². The Morgan fingerprint density at radius 2 is 1.94 bits per heavy atom. The lowest BCUT2D eigenvalue weighted by atomic mass is 10.5. The molecule has 0 bridgehead atoms. The molecule has 0 fully saturated rings. The Hall–Kier alpha value is -1.19. The molecular weight excluding hydrogens is 252 g/mol. The molecule has 0 atom stereocenters. The molecule has 9 heteroatoms. The van der Waals surface area contributed by atoms with Crippen LogP contribution in [-0.4, -0.2) is 57.5 Å². The van der Waals surface area contributed by atoms with E-state index in [1.165, 1.54) is 0 Å². The molecule has 17 heavy (non-hydrogen) atoms. The highest BCUT2D eigenvalue weighted by Crippen LogP contribution is 1.85. The summed E-state index contributed by atoms with van der Waals surface area (Å²) in [7, 11) is -3.57. The number of carbonyl (C=O) groups excluding carboxylic acids is 1. The van der Waals surface area contributed by atoms with Crippen LogP contribution in [0.15, 0.2) is 0 Å². The van der Waals surface area contributed by atoms with Crippen LogP contribution >= 0.6 is 0 Å². The van der Waals surface area contributed by atoms with Crippen LogP contribution in [0.1, 0.15) is 6.92 Å². The lowest BCUT2D eigenvalue weighted by molar-refractivity contribution is -0.137. The molecule has 0 unspecified atom stereocenters. The second-order valence-electron chi connectivity index (χ2n) is 3.01. The second kappa shape index (κ2) is 7.98. The number of hydrogen-bond donors (Lipinski definition) is 3. The first kappa shape index (κ1) is 15.8. The quantitative estimate of drug-likeness (QED) is 0.422. The number of nitrogens with one attached hydrogen (secondary N) is 2. The number of carbonyl (C=O) groups is 2. The molecule has 0 spiro atoms. The van der Waals surface area contributed by atoms with Crippen LogP contribution in [0.3, 0.4) is 0 Å². The lowest BCUT2D eigenvalue weighted by Crippen LogP contribution is -2.40. The summed E-state index contributed by atoms with van der Waals surface area (Å²) in [6.45, 7) is 1.16. The Kier molecular flexibility index (Phi) is 7.42. The summed E-state index contributed by atoms with van der Waals surface area (Å²) >= 11 is 0. The Labute approximate surface area is 99.4 Å². The Morgan fingerprint density at radius 3 is 2.47 bits per heavy atom. The van der Waals surface area contributed by atoms with Gasteiger partial charge in [-0.15, -0.1) is 0 Å². The van der Waals surface area contributed by atoms with Crippen molar-refractivity contribution in [1.29, 1.82) is 0 Å². The molecule has 0 saturated carbocycles. The molecule has 0 aliphatic heterocycles. The van der Waals surface area contributed by atoms with E-state index < -0.39 is 35.0 Å². The lowest BCUT2D eigenvalue weighted by Gasteiger charge is -2.06. The van der Waals surface area contributed by atoms with Crippen LogP contribution in [-0.2, 0) is 24.3 Å². The van der Waals surface area contributed by atoms with E-state index in [1.807, 2.05) is 10.0 Å². The number of amides is 1. The third kappa shape index (κ3) is 9.72. The molecule has 0 aliphatic carbocycles. The van der Waals surface area contributed by atoms with E-state index in [0.29, 0.717) is 6.61 Å². The summed E-state index contributed by atoms with van der Waals surface area (Å²) in [5.74, 6) is -2.14. The van der Waals surface area contributed by atoms with Gasteiger partial charge in [0.15, 0.2) is 0 Å². The fraction of sp³-hybridized carbons (Fsp3) is 0.750. The largest absolute Gasteiger partial charge is 0.480 e. The number of hydrogen-bond acceptors (Lipinski definition) is 5.